The Bertz CT molecular complexity index is 3150. The van der Waals surface area contributed by atoms with Crippen LogP contribution in [0, 0.1) is 11.8 Å². The Morgan fingerprint density at radius 3 is 1.55 bits per heavy atom. The number of fused-ring (bicyclic) bond motifs is 5. The maximum absolute atomic E-state index is 2.60. The third-order valence-corrected chi connectivity index (χ3v) is 15.8. The average Bonchev–Trinajstić information content (AvgIpc) is 4.08. The Morgan fingerprint density at radius 2 is 0.922 bits per heavy atom. The van der Waals surface area contributed by atoms with Gasteiger partial charge in [-0.3, -0.25) is 0 Å². The lowest BCUT2D eigenvalue weighted by atomic mass is 9.68. The second kappa shape index (κ2) is 15.2. The van der Waals surface area contributed by atoms with E-state index in [1.165, 1.54) is 123 Å². The number of aromatic nitrogens is 1. The van der Waals surface area contributed by atoms with Crippen LogP contribution < -0.4 is 9.80 Å². The predicted octanol–water partition coefficient (Wildman–Crippen LogP) is 16.2. The Balaban J connectivity index is 1.02. The van der Waals surface area contributed by atoms with Crippen molar-refractivity contribution in [2.45, 2.75) is 69.1 Å². The van der Waals surface area contributed by atoms with E-state index in [4.69, 9.17) is 0 Å². The van der Waals surface area contributed by atoms with Gasteiger partial charge in [0.2, 0.25) is 0 Å². The number of hydrogen-bond donors (Lipinski definition) is 0. The summed E-state index contributed by atoms with van der Waals surface area (Å²) in [6.07, 6.45) is 11.4. The molecule has 3 unspecified atom stereocenters. The maximum atomic E-state index is 2.60. The van der Waals surface area contributed by atoms with Crippen molar-refractivity contribution in [2.75, 3.05) is 9.80 Å². The van der Waals surface area contributed by atoms with Crippen LogP contribution in [0.4, 0.5) is 34.1 Å². The fourth-order valence-electron chi connectivity index (χ4n) is 13.3. The van der Waals surface area contributed by atoms with Crippen LogP contribution >= 0.6 is 0 Å². The SMILES string of the molecule is c1ccc(N(c2ccc(C3CCCCC3)cc2)c2cccc3c2C24c5c(cccc5N(c5ccccc5)c5ccc6c7ccccc7n(-c7ccccc7)c6c5)CC2CCC4C3)cc1. The van der Waals surface area contributed by atoms with Gasteiger partial charge in [0.25, 0.3) is 0 Å². The zero-order valence-corrected chi connectivity index (χ0v) is 36.4. The molecule has 1 spiro atoms. The summed E-state index contributed by atoms with van der Waals surface area (Å²) in [7, 11) is 0. The molecule has 3 nitrogen and oxygen atoms in total. The van der Waals surface area contributed by atoms with E-state index in [-0.39, 0.29) is 5.41 Å². The highest BCUT2D eigenvalue weighted by atomic mass is 15.2. The van der Waals surface area contributed by atoms with Crippen LogP contribution in [0.5, 0.6) is 0 Å². The summed E-state index contributed by atoms with van der Waals surface area (Å²) >= 11 is 0. The summed E-state index contributed by atoms with van der Waals surface area (Å²) in [5, 5.41) is 2.54. The fraction of sp³-hybridized carbons (Fsp3) is 0.213. The lowest BCUT2D eigenvalue weighted by molar-refractivity contribution is 0.350. The molecule has 1 aromatic heterocycles. The monoisotopic (exact) mass is 827 g/mol. The van der Waals surface area contributed by atoms with Gasteiger partial charge in [-0.25, -0.2) is 0 Å². The van der Waals surface area contributed by atoms with Crippen molar-refractivity contribution in [3.05, 3.63) is 222 Å². The molecule has 0 saturated heterocycles. The second-order valence-corrected chi connectivity index (χ2v) is 19.0. The summed E-state index contributed by atoms with van der Waals surface area (Å²) in [4.78, 5) is 5.19. The minimum absolute atomic E-state index is 0.122. The minimum atomic E-state index is -0.122. The average molecular weight is 828 g/mol. The molecule has 2 saturated carbocycles. The summed E-state index contributed by atoms with van der Waals surface area (Å²) in [5.41, 5.74) is 18.6. The summed E-state index contributed by atoms with van der Waals surface area (Å²) in [6.45, 7) is 0. The molecule has 0 radical (unpaired) electrons. The first kappa shape index (κ1) is 37.7. The normalized spacial score (nSPS) is 19.9. The first-order valence-corrected chi connectivity index (χ1v) is 23.9. The number of rotatable bonds is 8. The number of benzene rings is 8. The molecule has 0 aliphatic heterocycles. The molecular formula is C61H53N3. The van der Waals surface area contributed by atoms with Gasteiger partial charge in [-0.15, -0.1) is 0 Å². The van der Waals surface area contributed by atoms with Crippen molar-refractivity contribution >= 4 is 55.9 Å². The number of para-hydroxylation sites is 4. The molecule has 64 heavy (non-hydrogen) atoms. The van der Waals surface area contributed by atoms with Crippen LogP contribution in [0.25, 0.3) is 27.5 Å². The molecule has 0 N–H and O–H groups in total. The number of nitrogens with zero attached hydrogens (tertiary/aromatic N) is 3. The highest BCUT2D eigenvalue weighted by Crippen LogP contribution is 2.69. The van der Waals surface area contributed by atoms with Crippen LogP contribution in [0.3, 0.4) is 0 Å². The lowest BCUT2D eigenvalue weighted by Gasteiger charge is -2.40. The molecule has 4 aliphatic carbocycles. The molecule has 9 aromatic rings. The smallest absolute Gasteiger partial charge is 0.0561 e. The maximum Gasteiger partial charge on any atom is 0.0561 e. The van der Waals surface area contributed by atoms with Gasteiger partial charge < -0.3 is 14.4 Å². The van der Waals surface area contributed by atoms with Gasteiger partial charge >= 0.3 is 0 Å². The van der Waals surface area contributed by atoms with E-state index in [0.29, 0.717) is 17.8 Å². The quantitative estimate of drug-likeness (QED) is 0.151. The zero-order valence-electron chi connectivity index (χ0n) is 36.4. The Morgan fingerprint density at radius 1 is 0.406 bits per heavy atom. The molecule has 0 amide bonds. The number of anilines is 6. The van der Waals surface area contributed by atoms with Crippen molar-refractivity contribution in [1.29, 1.82) is 0 Å². The number of hydrogen-bond acceptors (Lipinski definition) is 2. The lowest BCUT2D eigenvalue weighted by Crippen LogP contribution is -2.34. The van der Waals surface area contributed by atoms with E-state index in [1.54, 1.807) is 11.1 Å². The van der Waals surface area contributed by atoms with Crippen molar-refractivity contribution in [1.82, 2.24) is 4.57 Å². The topological polar surface area (TPSA) is 11.4 Å². The van der Waals surface area contributed by atoms with Crippen molar-refractivity contribution in [3.8, 4) is 5.69 Å². The van der Waals surface area contributed by atoms with Crippen molar-refractivity contribution in [2.24, 2.45) is 11.8 Å². The minimum Gasteiger partial charge on any atom is -0.310 e. The largest absolute Gasteiger partial charge is 0.310 e. The van der Waals surface area contributed by atoms with Gasteiger partial charge in [-0.2, -0.15) is 0 Å². The molecular weight excluding hydrogens is 775 g/mol. The van der Waals surface area contributed by atoms with E-state index in [9.17, 15) is 0 Å². The highest BCUT2D eigenvalue weighted by molar-refractivity contribution is 6.10. The van der Waals surface area contributed by atoms with E-state index < -0.39 is 0 Å². The van der Waals surface area contributed by atoms with Crippen molar-refractivity contribution < 1.29 is 0 Å². The Kier molecular flexibility index (Phi) is 8.93. The summed E-state index contributed by atoms with van der Waals surface area (Å²) in [5.74, 6) is 1.74. The Hall–Kier alpha value is -6.84. The summed E-state index contributed by atoms with van der Waals surface area (Å²) < 4.78 is 2.45. The van der Waals surface area contributed by atoms with Crippen LogP contribution in [0.1, 0.15) is 78.7 Å². The second-order valence-electron chi connectivity index (χ2n) is 19.0. The molecule has 312 valence electrons. The van der Waals surface area contributed by atoms with Gasteiger partial charge in [0, 0.05) is 44.6 Å². The van der Waals surface area contributed by atoms with E-state index >= 15 is 0 Å². The molecule has 0 bridgehead atoms. The van der Waals surface area contributed by atoms with Gasteiger partial charge in [0.05, 0.1) is 22.4 Å². The van der Waals surface area contributed by atoms with Gasteiger partial charge in [0.1, 0.15) is 0 Å². The van der Waals surface area contributed by atoms with Gasteiger partial charge in [0.15, 0.2) is 0 Å². The first-order chi connectivity index (χ1) is 31.8. The zero-order chi connectivity index (χ0) is 42.2. The highest BCUT2D eigenvalue weighted by Gasteiger charge is 2.62. The Labute approximate surface area is 377 Å². The third kappa shape index (κ3) is 5.72. The molecule has 4 aliphatic rings. The standard InChI is InChI=1S/C61H53N3/c1-5-17-42(18-6-1)43-31-35-51(36-32-43)62(48-21-7-2-8-22-48)56-29-15-19-44-39-46-33-34-47-40-45-20-16-30-57(60(45)61(46,47)59(44)56)63(49-23-9-3-10-24-49)52-37-38-54-53-27-13-14-28-55(53)64(58(54)41-52)50-25-11-4-12-26-50/h2-4,7-16,19-32,35-38,41-42,46-47H,1,5-6,17-18,33-34,39-40H2. The first-order valence-electron chi connectivity index (χ1n) is 23.9. The van der Waals surface area contributed by atoms with Crippen LogP contribution in [0.2, 0.25) is 0 Å². The molecule has 2 fully saturated rings. The van der Waals surface area contributed by atoms with Crippen LogP contribution in [-0.2, 0) is 18.3 Å². The van der Waals surface area contributed by atoms with Crippen LogP contribution in [0.15, 0.2) is 194 Å². The van der Waals surface area contributed by atoms with Crippen molar-refractivity contribution in [3.63, 3.8) is 0 Å². The third-order valence-electron chi connectivity index (χ3n) is 15.8. The summed E-state index contributed by atoms with van der Waals surface area (Å²) in [6, 6.07) is 73.5. The molecule has 8 aromatic carbocycles. The predicted molar refractivity (Wildman–Crippen MR) is 267 cm³/mol. The fourth-order valence-corrected chi connectivity index (χ4v) is 13.3. The van der Waals surface area contributed by atoms with E-state index in [1.807, 2.05) is 0 Å². The molecule has 3 heteroatoms. The van der Waals surface area contributed by atoms with E-state index in [2.05, 4.69) is 208 Å². The van der Waals surface area contributed by atoms with E-state index in [0.717, 1.165) is 12.8 Å². The van der Waals surface area contributed by atoms with Gasteiger partial charge in [-0.1, -0.05) is 135 Å². The molecule has 1 heterocycles. The van der Waals surface area contributed by atoms with Crippen LogP contribution in [-0.4, -0.2) is 4.57 Å². The van der Waals surface area contributed by atoms with Gasteiger partial charge in [-0.05, 0) is 163 Å². The molecule has 13 rings (SSSR count). The molecule has 3 atom stereocenters.